The first-order valence-electron chi connectivity index (χ1n) is 4.78. The third kappa shape index (κ3) is 2.37. The Kier molecular flexibility index (Phi) is 2.97. The maximum Gasteiger partial charge on any atom is 0.149 e. The molecule has 1 aromatic carbocycles. The fourth-order valence-corrected chi connectivity index (χ4v) is 1.30. The van der Waals surface area contributed by atoms with Crippen LogP contribution in [0.25, 0.3) is 0 Å². The van der Waals surface area contributed by atoms with Crippen LogP contribution in [0.2, 0.25) is 0 Å². The van der Waals surface area contributed by atoms with Gasteiger partial charge < -0.3 is 5.32 Å². The first kappa shape index (κ1) is 11.0. The molecule has 0 spiro atoms. The van der Waals surface area contributed by atoms with Gasteiger partial charge >= 0.3 is 0 Å². The Bertz CT molecular complexity index is 553. The Morgan fingerprint density at radius 3 is 2.35 bits per heavy atom. The van der Waals surface area contributed by atoms with Gasteiger partial charge in [-0.05, 0) is 24.3 Å². The van der Waals surface area contributed by atoms with Crippen LogP contribution in [0.4, 0.5) is 20.2 Å². The van der Waals surface area contributed by atoms with Gasteiger partial charge in [-0.1, -0.05) is 6.07 Å². The van der Waals surface area contributed by atoms with Crippen molar-refractivity contribution >= 4 is 11.4 Å². The lowest BCUT2D eigenvalue weighted by Gasteiger charge is -2.07. The molecule has 5 heteroatoms. The molecule has 0 bridgehead atoms. The average Bonchev–Trinajstić information content (AvgIpc) is 2.35. The standard InChI is InChI=1S/C12H7F2N3/c13-10-2-1-3-11(14)12(10)17-9-5-4-8(6-15)16-7-9/h1-5,7,17H. The fraction of sp³-hybridized carbons (Fsp3) is 0. The number of para-hydroxylation sites is 1. The Balaban J connectivity index is 2.29. The largest absolute Gasteiger partial charge is 0.349 e. The van der Waals surface area contributed by atoms with Crippen molar-refractivity contribution in [1.29, 1.82) is 5.26 Å². The smallest absolute Gasteiger partial charge is 0.149 e. The number of nitriles is 1. The summed E-state index contributed by atoms with van der Waals surface area (Å²) in [5.74, 6) is -1.37. The lowest BCUT2D eigenvalue weighted by Crippen LogP contribution is -1.97. The molecule has 84 valence electrons. The van der Waals surface area contributed by atoms with Gasteiger partial charge in [-0.15, -0.1) is 0 Å². The number of rotatable bonds is 2. The van der Waals surface area contributed by atoms with Gasteiger partial charge in [-0.25, -0.2) is 13.8 Å². The molecule has 0 aliphatic rings. The molecule has 0 amide bonds. The number of hydrogen-bond donors (Lipinski definition) is 1. The highest BCUT2D eigenvalue weighted by atomic mass is 19.1. The summed E-state index contributed by atoms with van der Waals surface area (Å²) in [7, 11) is 0. The average molecular weight is 231 g/mol. The van der Waals surface area contributed by atoms with Gasteiger partial charge in [0, 0.05) is 0 Å². The Hall–Kier alpha value is -2.48. The SMILES string of the molecule is N#Cc1ccc(Nc2c(F)cccc2F)cn1. The molecule has 1 aromatic heterocycles. The zero-order chi connectivity index (χ0) is 12.3. The molecule has 0 fully saturated rings. The van der Waals surface area contributed by atoms with Crippen LogP contribution in [0.15, 0.2) is 36.5 Å². The summed E-state index contributed by atoms with van der Waals surface area (Å²) >= 11 is 0. The second kappa shape index (κ2) is 4.58. The van der Waals surface area contributed by atoms with Gasteiger partial charge in [0.25, 0.3) is 0 Å². The van der Waals surface area contributed by atoms with E-state index in [-0.39, 0.29) is 11.4 Å². The van der Waals surface area contributed by atoms with E-state index in [0.29, 0.717) is 5.69 Å². The minimum Gasteiger partial charge on any atom is -0.349 e. The van der Waals surface area contributed by atoms with Crippen molar-refractivity contribution in [3.63, 3.8) is 0 Å². The van der Waals surface area contributed by atoms with Crippen molar-refractivity contribution < 1.29 is 8.78 Å². The van der Waals surface area contributed by atoms with Crippen molar-refractivity contribution in [1.82, 2.24) is 4.98 Å². The summed E-state index contributed by atoms with van der Waals surface area (Å²) in [6.45, 7) is 0. The van der Waals surface area contributed by atoms with Crippen LogP contribution in [0.3, 0.4) is 0 Å². The molecule has 1 heterocycles. The van der Waals surface area contributed by atoms with Gasteiger partial charge in [0.1, 0.15) is 29.1 Å². The molecule has 0 aliphatic carbocycles. The lowest BCUT2D eigenvalue weighted by molar-refractivity contribution is 0.591. The summed E-state index contributed by atoms with van der Waals surface area (Å²) in [4.78, 5) is 3.78. The number of nitrogens with zero attached hydrogens (tertiary/aromatic N) is 2. The number of benzene rings is 1. The molecular formula is C12H7F2N3. The summed E-state index contributed by atoms with van der Waals surface area (Å²) in [6, 6.07) is 8.43. The van der Waals surface area contributed by atoms with E-state index in [2.05, 4.69) is 10.3 Å². The monoisotopic (exact) mass is 231 g/mol. The van der Waals surface area contributed by atoms with Gasteiger partial charge in [0.15, 0.2) is 0 Å². The van der Waals surface area contributed by atoms with Crippen molar-refractivity contribution in [3.8, 4) is 6.07 Å². The van der Waals surface area contributed by atoms with E-state index in [1.807, 2.05) is 6.07 Å². The Morgan fingerprint density at radius 1 is 1.12 bits per heavy atom. The van der Waals surface area contributed by atoms with Gasteiger partial charge in [0.05, 0.1) is 11.9 Å². The van der Waals surface area contributed by atoms with Gasteiger partial charge in [-0.2, -0.15) is 5.26 Å². The summed E-state index contributed by atoms with van der Waals surface area (Å²) < 4.78 is 26.6. The maximum absolute atomic E-state index is 13.3. The second-order valence-electron chi connectivity index (χ2n) is 3.27. The minimum atomic E-state index is -0.686. The van der Waals surface area contributed by atoms with Gasteiger partial charge in [-0.3, -0.25) is 0 Å². The van der Waals surface area contributed by atoms with E-state index in [4.69, 9.17) is 5.26 Å². The number of aromatic nitrogens is 1. The number of nitrogens with one attached hydrogen (secondary N) is 1. The van der Waals surface area contributed by atoms with Crippen LogP contribution in [0.1, 0.15) is 5.69 Å². The molecule has 2 rings (SSSR count). The van der Waals surface area contributed by atoms with E-state index in [9.17, 15) is 8.78 Å². The lowest BCUT2D eigenvalue weighted by atomic mass is 10.2. The van der Waals surface area contributed by atoms with Crippen LogP contribution >= 0.6 is 0 Å². The summed E-state index contributed by atoms with van der Waals surface area (Å²) in [6.07, 6.45) is 1.34. The normalized spacial score (nSPS) is 9.71. The molecular weight excluding hydrogens is 224 g/mol. The third-order valence-corrected chi connectivity index (χ3v) is 2.11. The fourth-order valence-electron chi connectivity index (χ4n) is 1.30. The zero-order valence-corrected chi connectivity index (χ0v) is 8.61. The summed E-state index contributed by atoms with van der Waals surface area (Å²) in [5.41, 5.74) is 0.413. The number of pyridine rings is 1. The zero-order valence-electron chi connectivity index (χ0n) is 8.61. The molecule has 17 heavy (non-hydrogen) atoms. The highest BCUT2D eigenvalue weighted by molar-refractivity contribution is 5.60. The molecule has 0 aliphatic heterocycles. The topological polar surface area (TPSA) is 48.7 Å². The van der Waals surface area contributed by atoms with Crippen molar-refractivity contribution in [2.24, 2.45) is 0 Å². The van der Waals surface area contributed by atoms with E-state index >= 15 is 0 Å². The van der Waals surface area contributed by atoms with Crippen molar-refractivity contribution in [2.75, 3.05) is 5.32 Å². The van der Waals surface area contributed by atoms with E-state index in [1.165, 1.54) is 24.4 Å². The highest BCUT2D eigenvalue weighted by Gasteiger charge is 2.08. The van der Waals surface area contributed by atoms with Crippen LogP contribution in [0.5, 0.6) is 0 Å². The second-order valence-corrected chi connectivity index (χ2v) is 3.27. The van der Waals surface area contributed by atoms with Gasteiger partial charge in [0.2, 0.25) is 0 Å². The molecule has 0 saturated carbocycles. The number of halogens is 2. The third-order valence-electron chi connectivity index (χ3n) is 2.11. The van der Waals surface area contributed by atoms with Crippen molar-refractivity contribution in [3.05, 3.63) is 53.9 Å². The molecule has 2 aromatic rings. The Morgan fingerprint density at radius 2 is 1.82 bits per heavy atom. The molecule has 0 saturated heterocycles. The predicted molar refractivity (Wildman–Crippen MR) is 58.6 cm³/mol. The van der Waals surface area contributed by atoms with E-state index in [1.54, 1.807) is 0 Å². The first-order chi connectivity index (χ1) is 8.20. The van der Waals surface area contributed by atoms with Crippen molar-refractivity contribution in [2.45, 2.75) is 0 Å². The maximum atomic E-state index is 13.3. The van der Waals surface area contributed by atoms with E-state index < -0.39 is 11.6 Å². The predicted octanol–water partition coefficient (Wildman–Crippen LogP) is 2.98. The molecule has 0 atom stereocenters. The van der Waals surface area contributed by atoms with Crippen LogP contribution in [-0.2, 0) is 0 Å². The van der Waals surface area contributed by atoms with Crippen LogP contribution in [0, 0.1) is 23.0 Å². The minimum absolute atomic E-state index is 0.237. The molecule has 1 N–H and O–H groups in total. The molecule has 3 nitrogen and oxygen atoms in total. The number of anilines is 2. The number of hydrogen-bond acceptors (Lipinski definition) is 3. The Labute approximate surface area is 96.3 Å². The van der Waals surface area contributed by atoms with Crippen LogP contribution in [-0.4, -0.2) is 4.98 Å². The molecule has 0 radical (unpaired) electrons. The first-order valence-corrected chi connectivity index (χ1v) is 4.78. The quantitative estimate of drug-likeness (QED) is 0.864. The molecule has 0 unspecified atom stereocenters. The summed E-state index contributed by atoms with van der Waals surface area (Å²) in [5, 5.41) is 11.1. The van der Waals surface area contributed by atoms with Crippen LogP contribution < -0.4 is 5.32 Å². The highest BCUT2D eigenvalue weighted by Crippen LogP contribution is 2.22. The van der Waals surface area contributed by atoms with E-state index in [0.717, 1.165) is 12.1 Å².